The molecule has 1 aliphatic rings. The molecule has 4 nitrogen and oxygen atoms in total. The number of nitrogens with zero attached hydrogens (tertiary/aromatic N) is 1. The normalized spacial score (nSPS) is 17.4. The van der Waals surface area contributed by atoms with Gasteiger partial charge in [-0.15, -0.1) is 0 Å². The van der Waals surface area contributed by atoms with E-state index in [0.29, 0.717) is 11.6 Å². The molecule has 1 saturated heterocycles. The monoisotopic (exact) mass is 298 g/mol. The van der Waals surface area contributed by atoms with Crippen molar-refractivity contribution in [3.63, 3.8) is 0 Å². The lowest BCUT2D eigenvalue weighted by molar-refractivity contribution is -0.00967. The Balaban J connectivity index is 1.88. The Kier molecular flexibility index (Phi) is 5.27. The van der Waals surface area contributed by atoms with E-state index in [-0.39, 0.29) is 11.3 Å². The number of hydrogen-bond donors (Lipinski definition) is 2. The van der Waals surface area contributed by atoms with Gasteiger partial charge < -0.3 is 15.2 Å². The summed E-state index contributed by atoms with van der Waals surface area (Å²) in [6, 6.07) is 5.21. The molecule has 1 aromatic rings. The van der Waals surface area contributed by atoms with Crippen molar-refractivity contribution in [3.8, 4) is 5.75 Å². The molecule has 1 fully saturated rings. The summed E-state index contributed by atoms with van der Waals surface area (Å²) < 4.78 is 5.39. The van der Waals surface area contributed by atoms with Gasteiger partial charge in [-0.2, -0.15) is 0 Å². The molecular weight excluding hydrogens is 276 g/mol. The molecule has 2 rings (SSSR count). The number of morpholine rings is 1. The number of halogens is 1. The molecule has 0 aliphatic carbocycles. The van der Waals surface area contributed by atoms with E-state index in [1.54, 1.807) is 18.2 Å². The number of phenols is 1. The zero-order valence-corrected chi connectivity index (χ0v) is 12.9. The average Bonchev–Trinajstić information content (AvgIpc) is 2.43. The maximum Gasteiger partial charge on any atom is 0.121 e. The smallest absolute Gasteiger partial charge is 0.121 e. The zero-order chi connectivity index (χ0) is 14.6. The van der Waals surface area contributed by atoms with Gasteiger partial charge in [-0.1, -0.05) is 17.7 Å². The van der Waals surface area contributed by atoms with E-state index in [1.165, 1.54) is 0 Å². The van der Waals surface area contributed by atoms with Gasteiger partial charge in [-0.3, -0.25) is 4.90 Å². The van der Waals surface area contributed by atoms with Crippen LogP contribution in [0.25, 0.3) is 0 Å². The SMILES string of the molecule is CC(C)(CNCc1c(O)cccc1Cl)N1CCOCC1. The van der Waals surface area contributed by atoms with Gasteiger partial charge >= 0.3 is 0 Å². The molecule has 0 aromatic heterocycles. The molecule has 0 atom stereocenters. The number of aromatic hydroxyl groups is 1. The molecule has 1 aliphatic heterocycles. The lowest BCUT2D eigenvalue weighted by Crippen LogP contribution is -2.54. The lowest BCUT2D eigenvalue weighted by atomic mass is 10.0. The predicted octanol–water partition coefficient (Wildman–Crippen LogP) is 2.25. The van der Waals surface area contributed by atoms with Crippen LogP contribution in [0.15, 0.2) is 18.2 Å². The summed E-state index contributed by atoms with van der Waals surface area (Å²) in [5, 5.41) is 13.8. The maximum atomic E-state index is 9.82. The average molecular weight is 299 g/mol. The summed E-state index contributed by atoms with van der Waals surface area (Å²) in [5.74, 6) is 0.245. The van der Waals surface area contributed by atoms with E-state index < -0.39 is 0 Å². The lowest BCUT2D eigenvalue weighted by Gasteiger charge is -2.41. The summed E-state index contributed by atoms with van der Waals surface area (Å²) in [5.41, 5.74) is 0.813. The van der Waals surface area contributed by atoms with Gasteiger partial charge in [0.05, 0.1) is 13.2 Å². The highest BCUT2D eigenvalue weighted by atomic mass is 35.5. The first-order valence-electron chi connectivity index (χ1n) is 7.00. The van der Waals surface area contributed by atoms with Gasteiger partial charge in [0.25, 0.3) is 0 Å². The molecule has 0 radical (unpaired) electrons. The Morgan fingerprint density at radius 3 is 2.70 bits per heavy atom. The summed E-state index contributed by atoms with van der Waals surface area (Å²) in [6.07, 6.45) is 0. The van der Waals surface area contributed by atoms with Gasteiger partial charge in [-0.25, -0.2) is 0 Å². The first-order chi connectivity index (χ1) is 9.50. The van der Waals surface area contributed by atoms with Crippen LogP contribution < -0.4 is 5.32 Å². The van der Waals surface area contributed by atoms with Crippen LogP contribution in [-0.2, 0) is 11.3 Å². The standard InChI is InChI=1S/C15H23ClN2O2/c1-15(2,18-6-8-20-9-7-18)11-17-10-12-13(16)4-3-5-14(12)19/h3-5,17,19H,6-11H2,1-2H3. The van der Waals surface area contributed by atoms with E-state index >= 15 is 0 Å². The van der Waals surface area contributed by atoms with Gasteiger partial charge in [0.2, 0.25) is 0 Å². The molecule has 0 saturated carbocycles. The first kappa shape index (κ1) is 15.6. The molecular formula is C15H23ClN2O2. The Hall–Kier alpha value is -0.810. The molecule has 20 heavy (non-hydrogen) atoms. The van der Waals surface area contributed by atoms with Crippen molar-refractivity contribution in [1.82, 2.24) is 10.2 Å². The minimum atomic E-state index is 0.0562. The zero-order valence-electron chi connectivity index (χ0n) is 12.2. The Bertz CT molecular complexity index is 425. The van der Waals surface area contributed by atoms with Crippen LogP contribution in [0, 0.1) is 0 Å². The summed E-state index contributed by atoms with van der Waals surface area (Å²) in [4.78, 5) is 2.43. The van der Waals surface area contributed by atoms with E-state index in [9.17, 15) is 5.11 Å². The summed E-state index contributed by atoms with van der Waals surface area (Å²) >= 11 is 6.10. The molecule has 2 N–H and O–H groups in total. The summed E-state index contributed by atoms with van der Waals surface area (Å²) in [7, 11) is 0. The number of nitrogens with one attached hydrogen (secondary N) is 1. The van der Waals surface area contributed by atoms with Crippen molar-refractivity contribution >= 4 is 11.6 Å². The highest BCUT2D eigenvalue weighted by molar-refractivity contribution is 6.31. The molecule has 0 unspecified atom stereocenters. The highest BCUT2D eigenvalue weighted by Crippen LogP contribution is 2.25. The largest absolute Gasteiger partial charge is 0.508 e. The van der Waals surface area contributed by atoms with Crippen molar-refractivity contribution in [2.45, 2.75) is 25.9 Å². The number of hydrogen-bond acceptors (Lipinski definition) is 4. The van der Waals surface area contributed by atoms with Crippen LogP contribution in [0.3, 0.4) is 0 Å². The fourth-order valence-electron chi connectivity index (χ4n) is 2.50. The van der Waals surface area contributed by atoms with Crippen LogP contribution in [-0.4, -0.2) is 48.4 Å². The molecule has 5 heteroatoms. The Labute approximate surface area is 125 Å². The molecule has 0 spiro atoms. The van der Waals surface area contributed by atoms with E-state index in [2.05, 4.69) is 24.1 Å². The summed E-state index contributed by atoms with van der Waals surface area (Å²) in [6.45, 7) is 9.37. The minimum absolute atomic E-state index is 0.0562. The van der Waals surface area contributed by atoms with E-state index in [0.717, 1.165) is 38.4 Å². The predicted molar refractivity (Wildman–Crippen MR) is 81.3 cm³/mol. The quantitative estimate of drug-likeness (QED) is 0.875. The number of phenolic OH excluding ortho intramolecular Hbond substituents is 1. The van der Waals surface area contributed by atoms with Crippen LogP contribution in [0.1, 0.15) is 19.4 Å². The van der Waals surface area contributed by atoms with Crippen LogP contribution >= 0.6 is 11.6 Å². The number of ether oxygens (including phenoxy) is 1. The van der Waals surface area contributed by atoms with Crippen molar-refractivity contribution in [2.75, 3.05) is 32.8 Å². The second kappa shape index (κ2) is 6.76. The van der Waals surface area contributed by atoms with Crippen molar-refractivity contribution in [2.24, 2.45) is 0 Å². The van der Waals surface area contributed by atoms with Crippen LogP contribution in [0.4, 0.5) is 0 Å². The Morgan fingerprint density at radius 1 is 1.35 bits per heavy atom. The topological polar surface area (TPSA) is 44.7 Å². The fourth-order valence-corrected chi connectivity index (χ4v) is 2.73. The van der Waals surface area contributed by atoms with Gasteiger partial charge in [-0.05, 0) is 26.0 Å². The third-order valence-corrected chi connectivity index (χ3v) is 4.17. The third-order valence-electron chi connectivity index (χ3n) is 3.82. The molecule has 0 bridgehead atoms. The van der Waals surface area contributed by atoms with Gasteiger partial charge in [0.1, 0.15) is 5.75 Å². The van der Waals surface area contributed by atoms with E-state index in [4.69, 9.17) is 16.3 Å². The molecule has 0 amide bonds. The minimum Gasteiger partial charge on any atom is -0.508 e. The second-order valence-electron chi connectivity index (χ2n) is 5.75. The first-order valence-corrected chi connectivity index (χ1v) is 7.38. The van der Waals surface area contributed by atoms with Crippen LogP contribution in [0.5, 0.6) is 5.75 Å². The van der Waals surface area contributed by atoms with Gasteiger partial charge in [0.15, 0.2) is 0 Å². The van der Waals surface area contributed by atoms with Crippen molar-refractivity contribution < 1.29 is 9.84 Å². The van der Waals surface area contributed by atoms with Crippen LogP contribution in [0.2, 0.25) is 5.02 Å². The number of benzene rings is 1. The molecule has 112 valence electrons. The fraction of sp³-hybridized carbons (Fsp3) is 0.600. The Morgan fingerprint density at radius 2 is 2.05 bits per heavy atom. The van der Waals surface area contributed by atoms with Crippen molar-refractivity contribution in [3.05, 3.63) is 28.8 Å². The second-order valence-corrected chi connectivity index (χ2v) is 6.16. The number of rotatable bonds is 5. The maximum absolute atomic E-state index is 9.82. The van der Waals surface area contributed by atoms with Crippen molar-refractivity contribution in [1.29, 1.82) is 0 Å². The molecule has 1 heterocycles. The highest BCUT2D eigenvalue weighted by Gasteiger charge is 2.27. The van der Waals surface area contributed by atoms with Gasteiger partial charge in [0, 0.05) is 42.3 Å². The van der Waals surface area contributed by atoms with E-state index in [1.807, 2.05) is 0 Å². The third kappa shape index (κ3) is 3.85. The molecule has 1 aromatic carbocycles.